The molecule has 4 heteroatoms. The third kappa shape index (κ3) is 3.59. The number of carbonyl (C=O) groups is 1. The molecule has 1 aliphatic heterocycles. The van der Waals surface area contributed by atoms with Crippen LogP contribution in [-0.2, 0) is 6.42 Å². The molecule has 1 heterocycles. The van der Waals surface area contributed by atoms with E-state index in [1.165, 1.54) is 5.56 Å². The molecule has 2 aliphatic rings. The number of nitrogens with zero attached hydrogens (tertiary/aromatic N) is 1. The lowest BCUT2D eigenvalue weighted by atomic mass is 9.91. The van der Waals surface area contributed by atoms with Gasteiger partial charge in [-0.15, -0.1) is 0 Å². The molecule has 4 rings (SSSR count). The summed E-state index contributed by atoms with van der Waals surface area (Å²) in [5.41, 5.74) is 4.18. The summed E-state index contributed by atoms with van der Waals surface area (Å²) in [5, 5.41) is 10.3. The Balaban J connectivity index is 1.53. The molecule has 1 aliphatic carbocycles. The molecule has 1 saturated carbocycles. The molecule has 0 unspecified atom stereocenters. The molecule has 1 N–H and O–H groups in total. The maximum absolute atomic E-state index is 13.0. The van der Waals surface area contributed by atoms with E-state index < -0.39 is 6.10 Å². The number of likely N-dealkylation sites (N-methyl/N-ethyl adjacent to an activating group) is 1. The summed E-state index contributed by atoms with van der Waals surface area (Å²) in [6.45, 7) is 3.36. The summed E-state index contributed by atoms with van der Waals surface area (Å²) in [5.74, 6) is 0.993. The Kier molecular flexibility index (Phi) is 5.17. The number of hydrogen-bond donors (Lipinski definition) is 1. The lowest BCUT2D eigenvalue weighted by Gasteiger charge is -2.37. The predicted octanol–water partition coefficient (Wildman–Crippen LogP) is 4.05. The van der Waals surface area contributed by atoms with Crippen molar-refractivity contribution >= 4 is 5.91 Å². The van der Waals surface area contributed by atoms with Crippen LogP contribution in [0.2, 0.25) is 0 Å². The van der Waals surface area contributed by atoms with Crippen LogP contribution in [0.5, 0.6) is 5.75 Å². The SMILES string of the molecule is CCN(C(=O)c1ccc(-c2ccc3c(c2)CCO3)cc1)[C@@H]1CCCC[C@H]1O. The van der Waals surface area contributed by atoms with Crippen LogP contribution < -0.4 is 4.74 Å². The minimum Gasteiger partial charge on any atom is -0.493 e. The number of hydrogen-bond acceptors (Lipinski definition) is 3. The van der Waals surface area contributed by atoms with Crippen LogP contribution in [0.1, 0.15) is 48.5 Å². The topological polar surface area (TPSA) is 49.8 Å². The van der Waals surface area contributed by atoms with Crippen LogP contribution in [-0.4, -0.2) is 41.2 Å². The summed E-state index contributed by atoms with van der Waals surface area (Å²) in [6.07, 6.45) is 4.34. The highest BCUT2D eigenvalue weighted by Gasteiger charge is 2.31. The molecule has 2 aromatic carbocycles. The molecule has 2 aromatic rings. The van der Waals surface area contributed by atoms with Crippen molar-refractivity contribution < 1.29 is 14.6 Å². The lowest BCUT2D eigenvalue weighted by Crippen LogP contribution is -2.48. The second-order valence-corrected chi connectivity index (χ2v) is 7.51. The normalized spacial score (nSPS) is 21.4. The van der Waals surface area contributed by atoms with E-state index in [0.717, 1.165) is 55.6 Å². The Morgan fingerprint density at radius 2 is 1.85 bits per heavy atom. The Morgan fingerprint density at radius 1 is 1.11 bits per heavy atom. The third-order valence-corrected chi connectivity index (χ3v) is 5.85. The van der Waals surface area contributed by atoms with Crippen molar-refractivity contribution in [3.8, 4) is 16.9 Å². The number of ether oxygens (including phenoxy) is 1. The highest BCUT2D eigenvalue weighted by molar-refractivity contribution is 5.95. The molecule has 0 bridgehead atoms. The lowest BCUT2D eigenvalue weighted by molar-refractivity contribution is 0.0196. The van der Waals surface area contributed by atoms with Gasteiger partial charge in [-0.1, -0.05) is 31.0 Å². The Morgan fingerprint density at radius 3 is 2.59 bits per heavy atom. The molecular formula is C23H27NO3. The minimum atomic E-state index is -0.407. The number of aliphatic hydroxyl groups is 1. The number of benzene rings is 2. The molecule has 2 atom stereocenters. The van der Waals surface area contributed by atoms with Gasteiger partial charge in [0, 0.05) is 18.5 Å². The fourth-order valence-electron chi connectivity index (χ4n) is 4.32. The van der Waals surface area contributed by atoms with Gasteiger partial charge in [0.25, 0.3) is 5.91 Å². The minimum absolute atomic E-state index is 0.0114. The van der Waals surface area contributed by atoms with Crippen molar-refractivity contribution in [2.24, 2.45) is 0 Å². The van der Waals surface area contributed by atoms with E-state index in [9.17, 15) is 9.90 Å². The number of fused-ring (bicyclic) bond motifs is 1. The fraction of sp³-hybridized carbons (Fsp3) is 0.435. The predicted molar refractivity (Wildman–Crippen MR) is 106 cm³/mol. The van der Waals surface area contributed by atoms with Crippen LogP contribution in [0.3, 0.4) is 0 Å². The van der Waals surface area contributed by atoms with Gasteiger partial charge in [0.15, 0.2) is 0 Å². The molecule has 0 aromatic heterocycles. The first-order valence-corrected chi connectivity index (χ1v) is 10.0. The zero-order chi connectivity index (χ0) is 18.8. The van der Waals surface area contributed by atoms with Gasteiger partial charge in [-0.2, -0.15) is 0 Å². The van der Waals surface area contributed by atoms with E-state index in [1.54, 1.807) is 0 Å². The van der Waals surface area contributed by atoms with Crippen LogP contribution in [0.25, 0.3) is 11.1 Å². The van der Waals surface area contributed by atoms with Crippen molar-refractivity contribution in [3.05, 3.63) is 53.6 Å². The maximum atomic E-state index is 13.0. The molecular weight excluding hydrogens is 338 g/mol. The first-order valence-electron chi connectivity index (χ1n) is 10.0. The maximum Gasteiger partial charge on any atom is 0.254 e. The molecule has 142 valence electrons. The third-order valence-electron chi connectivity index (χ3n) is 5.85. The van der Waals surface area contributed by atoms with Crippen LogP contribution in [0.15, 0.2) is 42.5 Å². The first kappa shape index (κ1) is 18.1. The first-order chi connectivity index (χ1) is 13.2. The van der Waals surface area contributed by atoms with E-state index in [0.29, 0.717) is 12.1 Å². The number of rotatable bonds is 4. The van der Waals surface area contributed by atoms with Gasteiger partial charge in [0.1, 0.15) is 5.75 Å². The number of carbonyl (C=O) groups excluding carboxylic acids is 1. The van der Waals surface area contributed by atoms with Gasteiger partial charge in [0.2, 0.25) is 0 Å². The summed E-state index contributed by atoms with van der Waals surface area (Å²) in [7, 11) is 0. The smallest absolute Gasteiger partial charge is 0.254 e. The van der Waals surface area contributed by atoms with E-state index in [4.69, 9.17) is 4.74 Å². The van der Waals surface area contributed by atoms with Gasteiger partial charge in [-0.05, 0) is 60.7 Å². The van der Waals surface area contributed by atoms with E-state index in [-0.39, 0.29) is 11.9 Å². The molecule has 1 amide bonds. The Hall–Kier alpha value is -2.33. The van der Waals surface area contributed by atoms with Crippen molar-refractivity contribution in [1.82, 2.24) is 4.90 Å². The molecule has 4 nitrogen and oxygen atoms in total. The average Bonchev–Trinajstić information content (AvgIpc) is 3.18. The van der Waals surface area contributed by atoms with Gasteiger partial charge in [-0.25, -0.2) is 0 Å². The fourth-order valence-corrected chi connectivity index (χ4v) is 4.32. The Bertz CT molecular complexity index is 815. The number of amides is 1. The molecule has 0 radical (unpaired) electrons. The van der Waals surface area contributed by atoms with Crippen molar-refractivity contribution in [3.63, 3.8) is 0 Å². The van der Waals surface area contributed by atoms with Crippen molar-refractivity contribution in [1.29, 1.82) is 0 Å². The van der Waals surface area contributed by atoms with Crippen LogP contribution >= 0.6 is 0 Å². The highest BCUT2D eigenvalue weighted by atomic mass is 16.5. The molecule has 0 spiro atoms. The van der Waals surface area contributed by atoms with E-state index in [1.807, 2.05) is 42.2 Å². The summed E-state index contributed by atoms with van der Waals surface area (Å²) in [6, 6.07) is 14.0. The standard InChI is InChI=1S/C23H27NO3/c1-2-24(20-5-3-4-6-21(20)25)23(26)17-9-7-16(8-10-17)18-11-12-22-19(15-18)13-14-27-22/h7-12,15,20-21,25H,2-6,13-14H2,1H3/t20-,21-/m1/s1. The average molecular weight is 365 g/mol. The van der Waals surface area contributed by atoms with Crippen molar-refractivity contribution in [2.75, 3.05) is 13.2 Å². The second kappa shape index (κ2) is 7.73. The van der Waals surface area contributed by atoms with Gasteiger partial charge >= 0.3 is 0 Å². The van der Waals surface area contributed by atoms with Gasteiger partial charge in [0.05, 0.1) is 18.8 Å². The second-order valence-electron chi connectivity index (χ2n) is 7.51. The molecule has 1 fully saturated rings. The summed E-state index contributed by atoms with van der Waals surface area (Å²) >= 11 is 0. The van der Waals surface area contributed by atoms with Crippen molar-refractivity contribution in [2.45, 2.75) is 51.2 Å². The summed E-state index contributed by atoms with van der Waals surface area (Å²) in [4.78, 5) is 14.9. The zero-order valence-corrected chi connectivity index (χ0v) is 15.9. The van der Waals surface area contributed by atoms with Gasteiger partial charge in [-0.3, -0.25) is 4.79 Å². The highest BCUT2D eigenvalue weighted by Crippen LogP contribution is 2.31. The zero-order valence-electron chi connectivity index (χ0n) is 15.9. The molecule has 27 heavy (non-hydrogen) atoms. The summed E-state index contributed by atoms with van der Waals surface area (Å²) < 4.78 is 5.57. The van der Waals surface area contributed by atoms with Crippen LogP contribution in [0.4, 0.5) is 0 Å². The quantitative estimate of drug-likeness (QED) is 0.889. The van der Waals surface area contributed by atoms with Gasteiger partial charge < -0.3 is 14.7 Å². The largest absolute Gasteiger partial charge is 0.493 e. The van der Waals surface area contributed by atoms with Crippen LogP contribution in [0, 0.1) is 0 Å². The van der Waals surface area contributed by atoms with E-state index >= 15 is 0 Å². The van der Waals surface area contributed by atoms with E-state index in [2.05, 4.69) is 12.1 Å². The molecule has 0 saturated heterocycles. The Labute approximate surface area is 160 Å². The number of aliphatic hydroxyl groups excluding tert-OH is 1. The monoisotopic (exact) mass is 365 g/mol.